The molecule has 0 aliphatic carbocycles. The first kappa shape index (κ1) is 20.3. The van der Waals surface area contributed by atoms with Crippen LogP contribution >= 0.6 is 11.8 Å². The summed E-state index contributed by atoms with van der Waals surface area (Å²) < 4.78 is 28.0. The molecule has 1 saturated heterocycles. The third-order valence-corrected chi connectivity index (χ3v) is 7.05. The Labute approximate surface area is 155 Å². The molecule has 0 aromatic heterocycles. The van der Waals surface area contributed by atoms with Crippen molar-refractivity contribution in [3.8, 4) is 0 Å². The van der Waals surface area contributed by atoms with Crippen molar-refractivity contribution in [2.75, 3.05) is 19.3 Å². The van der Waals surface area contributed by atoms with Gasteiger partial charge in [0.15, 0.2) is 0 Å². The number of carbonyl (C=O) groups excluding carboxylic acids is 1. The lowest BCUT2D eigenvalue weighted by Gasteiger charge is -2.27. The van der Waals surface area contributed by atoms with Crippen LogP contribution < -0.4 is 4.72 Å². The van der Waals surface area contributed by atoms with Gasteiger partial charge in [-0.25, -0.2) is 13.1 Å². The SMILES string of the molecule is CSc1ccc(S(=O)(=O)N[C@@H](C)C(C)C)cc1C(=O)N1CCCCC1. The van der Waals surface area contributed by atoms with Gasteiger partial charge in [-0.2, -0.15) is 0 Å². The van der Waals surface area contributed by atoms with Crippen LogP contribution in [0.1, 0.15) is 50.4 Å². The molecule has 1 amide bonds. The van der Waals surface area contributed by atoms with E-state index in [4.69, 9.17) is 0 Å². The third-order valence-electron chi connectivity index (χ3n) is 4.70. The van der Waals surface area contributed by atoms with Crippen molar-refractivity contribution in [1.29, 1.82) is 0 Å². The van der Waals surface area contributed by atoms with Crippen LogP contribution in [-0.4, -0.2) is 44.6 Å². The molecule has 7 heteroatoms. The summed E-state index contributed by atoms with van der Waals surface area (Å²) in [6, 6.07) is 4.66. The van der Waals surface area contributed by atoms with Gasteiger partial charge in [0.25, 0.3) is 5.91 Å². The normalized spacial score (nSPS) is 16.9. The van der Waals surface area contributed by atoms with Crippen molar-refractivity contribution < 1.29 is 13.2 Å². The lowest BCUT2D eigenvalue weighted by atomic mass is 10.1. The fraction of sp³-hybridized carbons (Fsp3) is 0.611. The van der Waals surface area contributed by atoms with Gasteiger partial charge < -0.3 is 4.90 Å². The molecule has 1 aliphatic rings. The van der Waals surface area contributed by atoms with E-state index in [9.17, 15) is 13.2 Å². The van der Waals surface area contributed by atoms with Crippen LogP contribution in [0.2, 0.25) is 0 Å². The summed E-state index contributed by atoms with van der Waals surface area (Å²) in [5.41, 5.74) is 0.481. The van der Waals surface area contributed by atoms with Crippen molar-refractivity contribution in [2.45, 2.75) is 55.9 Å². The molecule has 2 rings (SSSR count). The number of nitrogens with zero attached hydrogens (tertiary/aromatic N) is 1. The van der Waals surface area contributed by atoms with Crippen molar-refractivity contribution in [2.24, 2.45) is 5.92 Å². The molecule has 1 N–H and O–H groups in total. The summed E-state index contributed by atoms with van der Waals surface area (Å²) in [4.78, 5) is 15.7. The Morgan fingerprint density at radius 2 is 1.80 bits per heavy atom. The smallest absolute Gasteiger partial charge is 0.255 e. The molecule has 1 aliphatic heterocycles. The van der Waals surface area contributed by atoms with E-state index in [1.54, 1.807) is 12.1 Å². The van der Waals surface area contributed by atoms with Crippen LogP contribution in [0.25, 0.3) is 0 Å². The Balaban J connectivity index is 2.34. The first-order chi connectivity index (χ1) is 11.8. The van der Waals surface area contributed by atoms with E-state index in [2.05, 4.69) is 4.72 Å². The largest absolute Gasteiger partial charge is 0.339 e. The Hall–Kier alpha value is -1.05. The predicted molar refractivity (Wildman–Crippen MR) is 103 cm³/mol. The minimum atomic E-state index is -3.65. The molecule has 0 unspecified atom stereocenters. The summed E-state index contributed by atoms with van der Waals surface area (Å²) in [5.74, 6) is 0.118. The highest BCUT2D eigenvalue weighted by molar-refractivity contribution is 7.98. The monoisotopic (exact) mass is 384 g/mol. The van der Waals surface area contributed by atoms with E-state index in [1.165, 1.54) is 17.8 Å². The molecule has 5 nitrogen and oxygen atoms in total. The number of amides is 1. The van der Waals surface area contributed by atoms with Gasteiger partial charge >= 0.3 is 0 Å². The molecular formula is C18H28N2O3S2. The summed E-state index contributed by atoms with van der Waals surface area (Å²) in [6.07, 6.45) is 5.05. The zero-order valence-corrected chi connectivity index (χ0v) is 17.0. The van der Waals surface area contributed by atoms with Crippen LogP contribution in [0.3, 0.4) is 0 Å². The molecular weight excluding hydrogens is 356 g/mol. The van der Waals surface area contributed by atoms with E-state index in [-0.39, 0.29) is 22.8 Å². The first-order valence-electron chi connectivity index (χ1n) is 8.76. The number of rotatable bonds is 6. The summed E-state index contributed by atoms with van der Waals surface area (Å²) >= 11 is 1.46. The fourth-order valence-corrected chi connectivity index (χ4v) is 4.73. The van der Waals surface area contributed by atoms with Gasteiger partial charge in [0.05, 0.1) is 10.5 Å². The van der Waals surface area contributed by atoms with E-state index in [0.29, 0.717) is 5.56 Å². The molecule has 1 heterocycles. The average molecular weight is 385 g/mol. The number of hydrogen-bond acceptors (Lipinski definition) is 4. The summed E-state index contributed by atoms with van der Waals surface area (Å²) in [6.45, 7) is 7.27. The van der Waals surface area contributed by atoms with Crippen LogP contribution in [-0.2, 0) is 10.0 Å². The van der Waals surface area contributed by atoms with Crippen molar-refractivity contribution in [3.63, 3.8) is 0 Å². The van der Waals surface area contributed by atoms with Gasteiger partial charge in [-0.15, -0.1) is 11.8 Å². The van der Waals surface area contributed by atoms with E-state index >= 15 is 0 Å². The Morgan fingerprint density at radius 3 is 2.36 bits per heavy atom. The fourth-order valence-electron chi connectivity index (χ4n) is 2.74. The molecule has 0 saturated carbocycles. The summed E-state index contributed by atoms with van der Waals surface area (Å²) in [7, 11) is -3.65. The van der Waals surface area contributed by atoms with Crippen LogP contribution in [0, 0.1) is 5.92 Å². The van der Waals surface area contributed by atoms with Gasteiger partial charge in [-0.3, -0.25) is 4.79 Å². The highest BCUT2D eigenvalue weighted by atomic mass is 32.2. The number of benzene rings is 1. The molecule has 0 spiro atoms. The number of hydrogen-bond donors (Lipinski definition) is 1. The van der Waals surface area contributed by atoms with Crippen molar-refractivity contribution >= 4 is 27.7 Å². The summed E-state index contributed by atoms with van der Waals surface area (Å²) in [5, 5.41) is 0. The quantitative estimate of drug-likeness (QED) is 0.764. The lowest BCUT2D eigenvalue weighted by Crippen LogP contribution is -2.37. The number of likely N-dealkylation sites (tertiary alicyclic amines) is 1. The van der Waals surface area contributed by atoms with Crippen LogP contribution in [0.4, 0.5) is 0 Å². The maximum Gasteiger partial charge on any atom is 0.255 e. The second-order valence-electron chi connectivity index (χ2n) is 6.87. The van der Waals surface area contributed by atoms with E-state index < -0.39 is 10.0 Å². The average Bonchev–Trinajstić information content (AvgIpc) is 2.60. The molecule has 140 valence electrons. The number of carbonyl (C=O) groups is 1. The minimum absolute atomic E-state index is 0.0713. The molecule has 25 heavy (non-hydrogen) atoms. The van der Waals surface area contributed by atoms with Crippen molar-refractivity contribution in [3.05, 3.63) is 23.8 Å². The van der Waals surface area contributed by atoms with Gasteiger partial charge in [0.2, 0.25) is 10.0 Å². The van der Waals surface area contributed by atoms with Crippen molar-refractivity contribution in [1.82, 2.24) is 9.62 Å². The van der Waals surface area contributed by atoms with E-state index in [0.717, 1.165) is 37.2 Å². The molecule has 0 radical (unpaired) electrons. The topological polar surface area (TPSA) is 66.5 Å². The van der Waals surface area contributed by atoms with Gasteiger partial charge in [-0.1, -0.05) is 13.8 Å². The Bertz CT molecular complexity index is 711. The van der Waals surface area contributed by atoms with Gasteiger partial charge in [-0.05, 0) is 56.6 Å². The number of thioether (sulfide) groups is 1. The number of sulfonamides is 1. The molecule has 1 aromatic rings. The van der Waals surface area contributed by atoms with Gasteiger partial charge in [0, 0.05) is 24.0 Å². The standard InChI is InChI=1S/C18H28N2O3S2/c1-13(2)14(3)19-25(22,23)15-8-9-17(24-4)16(12-15)18(21)20-10-6-5-7-11-20/h8-9,12-14,19H,5-7,10-11H2,1-4H3/t14-/m0/s1. The predicted octanol–water partition coefficient (Wildman–Crippen LogP) is 3.36. The number of nitrogens with one attached hydrogen (secondary N) is 1. The van der Waals surface area contributed by atoms with E-state index in [1.807, 2.05) is 31.9 Å². The highest BCUT2D eigenvalue weighted by Crippen LogP contribution is 2.26. The van der Waals surface area contributed by atoms with Crippen LogP contribution in [0.5, 0.6) is 0 Å². The molecule has 1 atom stereocenters. The molecule has 1 aromatic carbocycles. The molecule has 0 bridgehead atoms. The maximum absolute atomic E-state index is 12.9. The highest BCUT2D eigenvalue weighted by Gasteiger charge is 2.25. The maximum atomic E-state index is 12.9. The Kier molecular flexibility index (Phi) is 6.93. The zero-order chi connectivity index (χ0) is 18.6. The second-order valence-corrected chi connectivity index (χ2v) is 9.43. The minimum Gasteiger partial charge on any atom is -0.339 e. The number of piperidine rings is 1. The second kappa shape index (κ2) is 8.56. The van der Waals surface area contributed by atoms with Gasteiger partial charge in [0.1, 0.15) is 0 Å². The first-order valence-corrected chi connectivity index (χ1v) is 11.5. The van der Waals surface area contributed by atoms with Crippen LogP contribution in [0.15, 0.2) is 28.0 Å². The Morgan fingerprint density at radius 1 is 1.16 bits per heavy atom. The zero-order valence-electron chi connectivity index (χ0n) is 15.4. The third kappa shape index (κ3) is 4.99. The molecule has 1 fully saturated rings. The lowest BCUT2D eigenvalue weighted by molar-refractivity contribution is 0.0720.